The number of aromatic nitrogens is 2. The molecule has 0 spiro atoms. The molecule has 0 radical (unpaired) electrons. The van der Waals surface area contributed by atoms with E-state index in [-0.39, 0.29) is 55.2 Å². The molecule has 350 valence electrons. The van der Waals surface area contributed by atoms with Crippen LogP contribution in [0.3, 0.4) is 0 Å². The van der Waals surface area contributed by atoms with Crippen LogP contribution in [0.4, 0.5) is 105 Å². The molecule has 0 unspecified atom stereocenters. The highest BCUT2D eigenvalue weighted by atomic mass is 32.1. The maximum absolute atomic E-state index is 14.5. The maximum atomic E-state index is 14.5. The Morgan fingerprint density at radius 2 is 0.688 bits per heavy atom. The Morgan fingerprint density at radius 1 is 0.422 bits per heavy atom. The zero-order valence-electron chi connectivity index (χ0n) is 29.3. The second kappa shape index (κ2) is 15.0. The van der Waals surface area contributed by atoms with E-state index >= 15 is 0 Å². The van der Waals surface area contributed by atoms with Crippen molar-refractivity contribution in [1.82, 2.24) is 9.97 Å². The predicted octanol–water partition coefficient (Wildman–Crippen LogP) is 12.4. The number of thiazole rings is 2. The third kappa shape index (κ3) is 6.74. The summed E-state index contributed by atoms with van der Waals surface area (Å²) in [5.74, 6) is -83.4. The number of hydrogen-bond acceptors (Lipinski definition) is 7. The molecule has 0 amide bonds. The Hall–Kier alpha value is -4.97. The molecular formula is C33H10F24N2O3S2. The summed E-state index contributed by atoms with van der Waals surface area (Å²) in [5, 5.41) is -0.561. The summed E-state index contributed by atoms with van der Waals surface area (Å²) in [6.45, 7) is 0. The number of nitrogens with zero attached hydrogens (tertiary/aromatic N) is 2. The van der Waals surface area contributed by atoms with E-state index in [2.05, 4.69) is 9.97 Å². The summed E-state index contributed by atoms with van der Waals surface area (Å²) in [6.07, 6.45) is -11.5. The lowest BCUT2D eigenvalue weighted by atomic mass is 9.90. The Balaban J connectivity index is 1.37. The van der Waals surface area contributed by atoms with Crippen LogP contribution in [0.1, 0.15) is 36.9 Å². The highest BCUT2D eigenvalue weighted by Gasteiger charge is 2.90. The molecule has 5 nitrogen and oxygen atoms in total. The number of halogens is 24. The second-order valence-electron chi connectivity index (χ2n) is 13.0. The summed E-state index contributed by atoms with van der Waals surface area (Å²) < 4.78 is 326. The van der Waals surface area contributed by atoms with Gasteiger partial charge in [0.25, 0.3) is 0 Å². The number of benzene rings is 2. The van der Waals surface area contributed by atoms with Crippen LogP contribution >= 0.6 is 22.7 Å². The van der Waals surface area contributed by atoms with Gasteiger partial charge in [0.2, 0.25) is 17.3 Å². The van der Waals surface area contributed by atoms with Crippen LogP contribution in [0.2, 0.25) is 0 Å². The van der Waals surface area contributed by atoms with E-state index < -0.39 is 112 Å². The van der Waals surface area contributed by atoms with E-state index in [1.54, 1.807) is 0 Å². The van der Waals surface area contributed by atoms with E-state index in [9.17, 15) is 120 Å². The highest BCUT2D eigenvalue weighted by molar-refractivity contribution is 7.25. The quantitative estimate of drug-likeness (QED) is 0.0727. The zero-order valence-corrected chi connectivity index (χ0v) is 30.9. The number of fused-ring (bicyclic) bond motifs is 3. The van der Waals surface area contributed by atoms with Crippen LogP contribution < -0.4 is 0 Å². The third-order valence-corrected chi connectivity index (χ3v) is 11.4. The number of Topliss-reactive ketones (excluding diaryl/α,β-unsaturated/α-hetero) is 2. The van der Waals surface area contributed by atoms with Crippen molar-refractivity contribution in [2.45, 2.75) is 72.1 Å². The van der Waals surface area contributed by atoms with Gasteiger partial charge in [0.15, 0.2) is 0 Å². The Morgan fingerprint density at radius 3 is 0.938 bits per heavy atom. The van der Waals surface area contributed by atoms with Crippen LogP contribution in [0.15, 0.2) is 48.5 Å². The Bertz CT molecular complexity index is 2320. The fourth-order valence-electron chi connectivity index (χ4n) is 5.27. The van der Waals surface area contributed by atoms with Gasteiger partial charge in [-0.15, -0.1) is 22.7 Å². The molecular weight excluding hydrogens is 992 g/mol. The molecule has 0 saturated carbocycles. The lowest BCUT2D eigenvalue weighted by Gasteiger charge is -2.38. The number of hydrogen-bond donors (Lipinski definition) is 0. The van der Waals surface area contributed by atoms with Gasteiger partial charge in [0.05, 0.1) is 9.75 Å². The third-order valence-electron chi connectivity index (χ3n) is 9.00. The molecule has 2 aromatic carbocycles. The van der Waals surface area contributed by atoms with E-state index in [0.717, 1.165) is 0 Å². The molecule has 5 rings (SSSR count). The second-order valence-corrected chi connectivity index (χ2v) is 15.0. The fraction of sp³-hybridized carbons (Fsp3) is 0.364. The van der Waals surface area contributed by atoms with Crippen molar-refractivity contribution in [1.29, 1.82) is 0 Å². The smallest absolute Gasteiger partial charge is 0.287 e. The number of rotatable bonds is 16. The molecule has 31 heteroatoms. The average Bonchev–Trinajstić information content (AvgIpc) is 3.90. The van der Waals surface area contributed by atoms with Gasteiger partial charge in [-0.3, -0.25) is 14.4 Å². The Kier molecular flexibility index (Phi) is 11.8. The summed E-state index contributed by atoms with van der Waals surface area (Å²) in [4.78, 5) is 45.2. The van der Waals surface area contributed by atoms with Crippen molar-refractivity contribution in [2.24, 2.45) is 0 Å². The van der Waals surface area contributed by atoms with Gasteiger partial charge >= 0.3 is 72.1 Å². The molecule has 0 N–H and O–H groups in total. The van der Waals surface area contributed by atoms with E-state index in [1.807, 2.05) is 0 Å². The van der Waals surface area contributed by atoms with Crippen LogP contribution in [0.25, 0.3) is 30.9 Å². The molecule has 0 atom stereocenters. The molecule has 1 aliphatic rings. The summed E-state index contributed by atoms with van der Waals surface area (Å²) in [7, 11) is 0. The van der Waals surface area contributed by atoms with Gasteiger partial charge in [0.1, 0.15) is 21.4 Å². The molecule has 0 aliphatic heterocycles. The van der Waals surface area contributed by atoms with Gasteiger partial charge in [-0.2, -0.15) is 87.8 Å². The molecule has 2 heterocycles. The molecule has 1 aliphatic carbocycles. The van der Waals surface area contributed by atoms with Crippen molar-refractivity contribution in [2.75, 3.05) is 0 Å². The number of ketones is 3. The van der Waals surface area contributed by atoms with Crippen molar-refractivity contribution >= 4 is 40.0 Å². The molecule has 64 heavy (non-hydrogen) atoms. The van der Waals surface area contributed by atoms with Crippen molar-refractivity contribution in [3.63, 3.8) is 0 Å². The van der Waals surface area contributed by atoms with Gasteiger partial charge in [-0.1, -0.05) is 48.5 Å². The van der Waals surface area contributed by atoms with Crippen LogP contribution in [0, 0.1) is 0 Å². The first-order valence-electron chi connectivity index (χ1n) is 15.9. The van der Waals surface area contributed by atoms with E-state index in [1.165, 1.54) is 0 Å². The van der Waals surface area contributed by atoms with Gasteiger partial charge in [0, 0.05) is 22.3 Å². The highest BCUT2D eigenvalue weighted by Crippen LogP contribution is 2.60. The summed E-state index contributed by atoms with van der Waals surface area (Å²) in [5.41, 5.74) is -4.72. The van der Waals surface area contributed by atoms with Crippen molar-refractivity contribution in [3.05, 3.63) is 71.0 Å². The van der Waals surface area contributed by atoms with Crippen LogP contribution in [-0.4, -0.2) is 99.4 Å². The maximum Gasteiger partial charge on any atom is 0.386 e. The molecule has 0 fully saturated rings. The standard InChI is InChI=1S/C33H10F24N2O3S2/c34-22(35)26(42,43)30(50,51)32(54,55)28(46,47)24(38,39)18(61)9-1-5-11(6-2-9)20-58-13-15(60)14-17(16(13)63-20)64-21(59-14)12-7-3-10(4-8-12)19(62)25(40,41)29(48,49)33(56,57)31(52,53)27(44,45)23(36)37/h1-8,22-23H. The van der Waals surface area contributed by atoms with Gasteiger partial charge in [-0.05, 0) is 0 Å². The largest absolute Gasteiger partial charge is 0.386 e. The minimum atomic E-state index is -7.98. The molecule has 4 aromatic rings. The lowest BCUT2D eigenvalue weighted by Crippen LogP contribution is -2.69. The van der Waals surface area contributed by atoms with Crippen molar-refractivity contribution < 1.29 is 120 Å². The lowest BCUT2D eigenvalue weighted by molar-refractivity contribution is -0.405. The van der Waals surface area contributed by atoms with Gasteiger partial charge in [-0.25, -0.2) is 27.5 Å². The summed E-state index contributed by atoms with van der Waals surface area (Å²) in [6, 6.07) is 3.11. The topological polar surface area (TPSA) is 77.0 Å². The fourth-order valence-corrected chi connectivity index (χ4v) is 7.54. The SMILES string of the molecule is O=C1c2nc(-c3ccc(C(=O)C(F)(F)C(F)(F)C(F)(F)C(F)(F)C(F)(F)C(F)F)cc3)sc2-c2sc(-c3ccc(C(=O)C(F)(F)C(F)(F)C(F)(F)C(F)(F)C(F)(F)C(F)F)cc3)nc21. The first kappa shape index (κ1) is 50.0. The number of carbonyl (C=O) groups is 3. The number of carbonyl (C=O) groups excluding carboxylic acids is 3. The monoisotopic (exact) mass is 1000 g/mol. The van der Waals surface area contributed by atoms with Gasteiger partial charge < -0.3 is 0 Å². The van der Waals surface area contributed by atoms with Crippen LogP contribution in [0.5, 0.6) is 0 Å². The normalized spacial score (nSPS) is 15.0. The van der Waals surface area contributed by atoms with Crippen LogP contribution in [-0.2, 0) is 0 Å². The van der Waals surface area contributed by atoms with Crippen molar-refractivity contribution in [3.8, 4) is 30.9 Å². The predicted molar refractivity (Wildman–Crippen MR) is 168 cm³/mol. The molecule has 2 aromatic heterocycles. The minimum absolute atomic E-state index is 0.0716. The zero-order chi connectivity index (χ0) is 49.1. The molecule has 0 saturated heterocycles. The Labute approximate surface area is 343 Å². The first-order chi connectivity index (χ1) is 28.7. The average molecular weight is 1000 g/mol. The number of alkyl halides is 24. The summed E-state index contributed by atoms with van der Waals surface area (Å²) >= 11 is 1.10. The van der Waals surface area contributed by atoms with E-state index in [0.29, 0.717) is 46.9 Å². The molecule has 0 bridgehead atoms. The first-order valence-corrected chi connectivity index (χ1v) is 17.6. The van der Waals surface area contributed by atoms with E-state index in [4.69, 9.17) is 0 Å². The minimum Gasteiger partial charge on any atom is -0.287 e.